The summed E-state index contributed by atoms with van der Waals surface area (Å²) >= 11 is 1.52. The molecule has 0 unspecified atom stereocenters. The lowest BCUT2D eigenvalue weighted by Gasteiger charge is -2.26. The summed E-state index contributed by atoms with van der Waals surface area (Å²) in [4.78, 5) is 15.4. The van der Waals surface area contributed by atoms with Gasteiger partial charge in [0.25, 0.3) is 5.91 Å². The number of carbonyl (C=O) groups is 1. The smallest absolute Gasteiger partial charge is 0.261 e. The summed E-state index contributed by atoms with van der Waals surface area (Å²) < 4.78 is 0. The van der Waals surface area contributed by atoms with Crippen molar-refractivity contribution < 1.29 is 4.79 Å². The lowest BCUT2D eigenvalue weighted by molar-refractivity contribution is 0.0940. The first-order chi connectivity index (χ1) is 8.72. The van der Waals surface area contributed by atoms with Gasteiger partial charge in [-0.25, -0.2) is 0 Å². The zero-order valence-electron chi connectivity index (χ0n) is 11.2. The molecule has 3 nitrogen and oxygen atoms in total. The van der Waals surface area contributed by atoms with E-state index in [-0.39, 0.29) is 5.91 Å². The van der Waals surface area contributed by atoms with Crippen LogP contribution in [0.1, 0.15) is 41.4 Å². The Bertz CT molecular complexity index is 396. The van der Waals surface area contributed by atoms with Crippen LogP contribution in [0.25, 0.3) is 0 Å². The van der Waals surface area contributed by atoms with Gasteiger partial charge in [-0.2, -0.15) is 0 Å². The fraction of sp³-hybridized carbons (Fsp3) is 0.643. The molecule has 2 rings (SSSR count). The third kappa shape index (κ3) is 3.12. The molecule has 1 atom stereocenters. The third-order valence-electron chi connectivity index (χ3n) is 3.69. The van der Waals surface area contributed by atoms with Gasteiger partial charge in [0.2, 0.25) is 0 Å². The molecule has 18 heavy (non-hydrogen) atoms. The number of thiophene rings is 1. The normalized spacial score (nSPS) is 17.9. The van der Waals surface area contributed by atoms with Crippen LogP contribution in [0.5, 0.6) is 0 Å². The van der Waals surface area contributed by atoms with Crippen LogP contribution in [-0.4, -0.2) is 36.5 Å². The van der Waals surface area contributed by atoms with Crippen LogP contribution in [0, 0.1) is 6.92 Å². The van der Waals surface area contributed by atoms with E-state index in [0.29, 0.717) is 6.04 Å². The predicted octanol–water partition coefficient (Wildman–Crippen LogP) is 2.66. The van der Waals surface area contributed by atoms with Crippen molar-refractivity contribution in [1.29, 1.82) is 0 Å². The lowest BCUT2D eigenvalue weighted by atomic mass is 10.2. The van der Waals surface area contributed by atoms with Gasteiger partial charge in [-0.3, -0.25) is 9.69 Å². The van der Waals surface area contributed by atoms with Gasteiger partial charge < -0.3 is 5.32 Å². The maximum absolute atomic E-state index is 12.0. The number of hydrogen-bond acceptors (Lipinski definition) is 3. The van der Waals surface area contributed by atoms with E-state index in [4.69, 9.17) is 0 Å². The van der Waals surface area contributed by atoms with Crippen molar-refractivity contribution in [3.05, 3.63) is 21.9 Å². The molecule has 100 valence electrons. The van der Waals surface area contributed by atoms with Crippen molar-refractivity contribution in [3.8, 4) is 0 Å². The average molecular weight is 266 g/mol. The minimum atomic E-state index is 0.0835. The molecule has 1 aliphatic heterocycles. The fourth-order valence-electron chi connectivity index (χ4n) is 2.53. The average Bonchev–Trinajstić information content (AvgIpc) is 3.01. The first kappa shape index (κ1) is 13.6. The molecule has 1 amide bonds. The Morgan fingerprint density at radius 3 is 2.78 bits per heavy atom. The monoisotopic (exact) mass is 266 g/mol. The van der Waals surface area contributed by atoms with Crippen molar-refractivity contribution in [3.63, 3.8) is 0 Å². The molecular weight excluding hydrogens is 244 g/mol. The SMILES string of the molecule is CC[C@H](CNC(=O)c1sccc1C)N1CCCC1. The Kier molecular flexibility index (Phi) is 4.78. The van der Waals surface area contributed by atoms with Gasteiger partial charge in [0.1, 0.15) is 0 Å². The Labute approximate surface area is 113 Å². The van der Waals surface area contributed by atoms with Crippen LogP contribution in [-0.2, 0) is 0 Å². The molecule has 4 heteroatoms. The largest absolute Gasteiger partial charge is 0.350 e. The summed E-state index contributed by atoms with van der Waals surface area (Å²) in [6.45, 7) is 7.33. The molecule has 2 heterocycles. The molecule has 1 aliphatic rings. The fourth-order valence-corrected chi connectivity index (χ4v) is 3.38. The van der Waals surface area contributed by atoms with Crippen LogP contribution in [0.2, 0.25) is 0 Å². The zero-order chi connectivity index (χ0) is 13.0. The molecule has 0 saturated carbocycles. The Morgan fingerprint density at radius 1 is 1.50 bits per heavy atom. The van der Waals surface area contributed by atoms with Gasteiger partial charge in [-0.15, -0.1) is 11.3 Å². The second kappa shape index (κ2) is 6.34. The van der Waals surface area contributed by atoms with Crippen molar-refractivity contribution in [2.45, 2.75) is 39.2 Å². The van der Waals surface area contributed by atoms with Crippen molar-refractivity contribution in [2.75, 3.05) is 19.6 Å². The number of carbonyl (C=O) groups excluding carboxylic acids is 1. The van der Waals surface area contributed by atoms with Crippen LogP contribution in [0.15, 0.2) is 11.4 Å². The van der Waals surface area contributed by atoms with E-state index in [9.17, 15) is 4.79 Å². The van der Waals surface area contributed by atoms with Gasteiger partial charge in [0.15, 0.2) is 0 Å². The minimum absolute atomic E-state index is 0.0835. The first-order valence-corrected chi connectivity index (χ1v) is 7.66. The Morgan fingerprint density at radius 2 is 2.22 bits per heavy atom. The summed E-state index contributed by atoms with van der Waals surface area (Å²) in [5, 5.41) is 5.06. The second-order valence-corrected chi connectivity index (χ2v) is 5.86. The van der Waals surface area contributed by atoms with Gasteiger partial charge in [0.05, 0.1) is 4.88 Å². The highest BCUT2D eigenvalue weighted by Gasteiger charge is 2.21. The minimum Gasteiger partial charge on any atom is -0.350 e. The molecule has 1 N–H and O–H groups in total. The maximum Gasteiger partial charge on any atom is 0.261 e. The number of amides is 1. The van der Waals surface area contributed by atoms with Crippen molar-refractivity contribution >= 4 is 17.2 Å². The van der Waals surface area contributed by atoms with E-state index in [1.807, 2.05) is 18.4 Å². The van der Waals surface area contributed by atoms with E-state index in [0.717, 1.165) is 23.4 Å². The first-order valence-electron chi connectivity index (χ1n) is 6.78. The van der Waals surface area contributed by atoms with Gasteiger partial charge in [-0.05, 0) is 56.3 Å². The van der Waals surface area contributed by atoms with Gasteiger partial charge in [0, 0.05) is 12.6 Å². The molecule has 1 aromatic rings. The number of nitrogens with zero attached hydrogens (tertiary/aromatic N) is 1. The molecule has 0 radical (unpaired) electrons. The highest BCUT2D eigenvalue weighted by Crippen LogP contribution is 2.16. The quantitative estimate of drug-likeness (QED) is 0.888. The van der Waals surface area contributed by atoms with Crippen molar-refractivity contribution in [2.24, 2.45) is 0 Å². The number of rotatable bonds is 5. The van der Waals surface area contributed by atoms with E-state index >= 15 is 0 Å². The summed E-state index contributed by atoms with van der Waals surface area (Å²) in [6.07, 6.45) is 3.70. The lowest BCUT2D eigenvalue weighted by Crippen LogP contribution is -2.42. The zero-order valence-corrected chi connectivity index (χ0v) is 12.1. The van der Waals surface area contributed by atoms with E-state index in [2.05, 4.69) is 17.1 Å². The summed E-state index contributed by atoms with van der Waals surface area (Å²) in [5.74, 6) is 0.0835. The molecule has 0 aromatic carbocycles. The standard InChI is InChI=1S/C14H22N2OS/c1-3-12(16-7-4-5-8-16)10-15-14(17)13-11(2)6-9-18-13/h6,9,12H,3-5,7-8,10H2,1-2H3,(H,15,17)/t12-/m1/s1. The molecule has 0 aliphatic carbocycles. The molecule has 1 aromatic heterocycles. The Balaban J connectivity index is 1.86. The maximum atomic E-state index is 12.0. The summed E-state index contributed by atoms with van der Waals surface area (Å²) in [7, 11) is 0. The van der Waals surface area contributed by atoms with E-state index in [1.54, 1.807) is 0 Å². The second-order valence-electron chi connectivity index (χ2n) is 4.95. The van der Waals surface area contributed by atoms with Crippen LogP contribution < -0.4 is 5.32 Å². The number of likely N-dealkylation sites (tertiary alicyclic amines) is 1. The molecule has 1 fully saturated rings. The molecular formula is C14H22N2OS. The molecule has 0 bridgehead atoms. The number of nitrogens with one attached hydrogen (secondary N) is 1. The van der Waals surface area contributed by atoms with Gasteiger partial charge in [-0.1, -0.05) is 6.92 Å². The molecule has 1 saturated heterocycles. The van der Waals surface area contributed by atoms with Crippen LogP contribution in [0.3, 0.4) is 0 Å². The van der Waals surface area contributed by atoms with E-state index < -0.39 is 0 Å². The van der Waals surface area contributed by atoms with E-state index in [1.165, 1.54) is 37.3 Å². The van der Waals surface area contributed by atoms with Gasteiger partial charge >= 0.3 is 0 Å². The number of hydrogen-bond donors (Lipinski definition) is 1. The van der Waals surface area contributed by atoms with Crippen LogP contribution >= 0.6 is 11.3 Å². The summed E-state index contributed by atoms with van der Waals surface area (Å²) in [6, 6.07) is 2.49. The molecule has 0 spiro atoms. The predicted molar refractivity (Wildman–Crippen MR) is 76.3 cm³/mol. The summed E-state index contributed by atoms with van der Waals surface area (Å²) in [5.41, 5.74) is 1.08. The topological polar surface area (TPSA) is 32.3 Å². The highest BCUT2D eigenvalue weighted by atomic mass is 32.1. The number of aryl methyl sites for hydroxylation is 1. The highest BCUT2D eigenvalue weighted by molar-refractivity contribution is 7.12. The third-order valence-corrected chi connectivity index (χ3v) is 4.71. The van der Waals surface area contributed by atoms with Crippen molar-refractivity contribution in [1.82, 2.24) is 10.2 Å². The Hall–Kier alpha value is -0.870. The van der Waals surface area contributed by atoms with Crippen LogP contribution in [0.4, 0.5) is 0 Å².